The molecule has 1 saturated heterocycles. The van der Waals surface area contributed by atoms with Gasteiger partial charge in [-0.05, 0) is 44.8 Å². The van der Waals surface area contributed by atoms with Crippen LogP contribution < -0.4 is 5.73 Å². The van der Waals surface area contributed by atoms with Gasteiger partial charge in [-0.1, -0.05) is 0 Å². The molecule has 1 fully saturated rings. The zero-order valence-electron chi connectivity index (χ0n) is 13.7. The van der Waals surface area contributed by atoms with Gasteiger partial charge in [-0.15, -0.1) is 0 Å². The first kappa shape index (κ1) is 18.4. The summed E-state index contributed by atoms with van der Waals surface area (Å²) in [6, 6.07) is -0.137. The minimum Gasteiger partial charge on any atom is -0.465 e. The molecule has 0 bridgehead atoms. The molecular formula is C14H30N2O4Si. The van der Waals surface area contributed by atoms with Crippen LogP contribution in [-0.2, 0) is 9.16 Å². The Morgan fingerprint density at radius 2 is 2.00 bits per heavy atom. The van der Waals surface area contributed by atoms with Gasteiger partial charge in [-0.2, -0.15) is 0 Å². The summed E-state index contributed by atoms with van der Waals surface area (Å²) >= 11 is 0. The van der Waals surface area contributed by atoms with E-state index in [1.807, 2.05) is 0 Å². The average molecular weight is 318 g/mol. The Labute approximate surface area is 128 Å². The molecule has 0 aliphatic carbocycles. The first-order valence-electron chi connectivity index (χ1n) is 7.64. The fourth-order valence-electron chi connectivity index (χ4n) is 2.58. The summed E-state index contributed by atoms with van der Waals surface area (Å²) in [5.74, 6) is 0.552. The van der Waals surface area contributed by atoms with Gasteiger partial charge in [0, 0.05) is 26.3 Å². The number of rotatable bonds is 7. The molecule has 0 saturated carbocycles. The van der Waals surface area contributed by atoms with Crippen LogP contribution in [0.2, 0.25) is 19.6 Å². The summed E-state index contributed by atoms with van der Waals surface area (Å²) < 4.78 is 11.5. The van der Waals surface area contributed by atoms with Crippen molar-refractivity contribution in [2.24, 2.45) is 11.7 Å². The molecule has 0 aromatic rings. The van der Waals surface area contributed by atoms with Crippen LogP contribution in [0.1, 0.15) is 19.3 Å². The summed E-state index contributed by atoms with van der Waals surface area (Å²) in [5, 5.41) is 9.06. The second-order valence-corrected chi connectivity index (χ2v) is 11.3. The van der Waals surface area contributed by atoms with E-state index >= 15 is 0 Å². The molecule has 1 aliphatic heterocycles. The molecule has 2 unspecified atom stereocenters. The van der Waals surface area contributed by atoms with Gasteiger partial charge in [0.25, 0.3) is 0 Å². The Morgan fingerprint density at radius 3 is 2.48 bits per heavy atom. The molecule has 21 heavy (non-hydrogen) atoms. The van der Waals surface area contributed by atoms with Crippen molar-refractivity contribution in [2.45, 2.75) is 51.0 Å². The molecule has 1 rings (SSSR count). The van der Waals surface area contributed by atoms with E-state index in [1.165, 1.54) is 4.90 Å². The van der Waals surface area contributed by atoms with E-state index in [4.69, 9.17) is 20.0 Å². The van der Waals surface area contributed by atoms with Gasteiger partial charge >= 0.3 is 6.09 Å². The van der Waals surface area contributed by atoms with Gasteiger partial charge in [0.2, 0.25) is 0 Å². The number of carboxylic acid groups (broad SMARTS) is 1. The quantitative estimate of drug-likeness (QED) is 0.701. The van der Waals surface area contributed by atoms with Gasteiger partial charge in [-0.25, -0.2) is 4.79 Å². The summed E-state index contributed by atoms with van der Waals surface area (Å²) in [6.45, 7) is 8.22. The molecule has 6 nitrogen and oxygen atoms in total. The number of nitrogens with zero attached hydrogens (tertiary/aromatic N) is 1. The highest BCUT2D eigenvalue weighted by Crippen LogP contribution is 2.22. The Morgan fingerprint density at radius 1 is 1.43 bits per heavy atom. The minimum atomic E-state index is -1.77. The van der Waals surface area contributed by atoms with Crippen molar-refractivity contribution < 1.29 is 19.1 Å². The average Bonchev–Trinajstić information content (AvgIpc) is 2.37. The maximum absolute atomic E-state index is 11.0. The Balaban J connectivity index is 2.62. The maximum Gasteiger partial charge on any atom is 0.407 e. The largest absolute Gasteiger partial charge is 0.465 e. The Bertz CT molecular complexity index is 329. The Kier molecular flexibility index (Phi) is 7.12. The highest BCUT2D eigenvalue weighted by Gasteiger charge is 2.30. The third-order valence-electron chi connectivity index (χ3n) is 3.71. The number of hydrogen-bond donors (Lipinski definition) is 2. The molecule has 1 heterocycles. The Hall–Kier alpha value is -0.633. The number of likely N-dealkylation sites (N-methyl/N-ethyl adjacent to an activating group) is 1. The third kappa shape index (κ3) is 7.26. The lowest BCUT2D eigenvalue weighted by atomic mass is 9.90. The molecule has 0 spiro atoms. The van der Waals surface area contributed by atoms with Crippen LogP contribution in [0, 0.1) is 5.92 Å². The summed E-state index contributed by atoms with van der Waals surface area (Å²) in [6.07, 6.45) is 1.74. The first-order valence-corrected chi connectivity index (χ1v) is 11.0. The first-order chi connectivity index (χ1) is 9.69. The van der Waals surface area contributed by atoms with Crippen LogP contribution in [0.4, 0.5) is 4.79 Å². The van der Waals surface area contributed by atoms with Crippen molar-refractivity contribution in [3.63, 3.8) is 0 Å². The minimum absolute atomic E-state index is 0.137. The highest BCUT2D eigenvalue weighted by atomic mass is 28.4. The van der Waals surface area contributed by atoms with E-state index in [0.29, 0.717) is 12.5 Å². The lowest BCUT2D eigenvalue weighted by Gasteiger charge is -2.35. The van der Waals surface area contributed by atoms with Crippen molar-refractivity contribution in [3.05, 3.63) is 0 Å². The van der Waals surface area contributed by atoms with Crippen molar-refractivity contribution in [2.75, 3.05) is 26.8 Å². The lowest BCUT2D eigenvalue weighted by molar-refractivity contribution is 0.0501. The molecule has 7 heteroatoms. The van der Waals surface area contributed by atoms with E-state index in [2.05, 4.69) is 19.6 Å². The smallest absolute Gasteiger partial charge is 0.407 e. The standard InChI is InChI=1S/C14H30N2O4Si/c1-16(14(17)18)10-13(20-21(2,3)4)12(15)9-11-5-7-19-8-6-11/h11-13H,5-10,15H2,1-4H3,(H,17,18). The zero-order chi connectivity index (χ0) is 16.0. The summed E-state index contributed by atoms with van der Waals surface area (Å²) in [5.41, 5.74) is 6.34. The molecule has 3 N–H and O–H groups in total. The van der Waals surface area contributed by atoms with Crippen LogP contribution >= 0.6 is 0 Å². The molecule has 1 amide bonds. The van der Waals surface area contributed by atoms with Gasteiger partial charge in [0.15, 0.2) is 8.32 Å². The van der Waals surface area contributed by atoms with Crippen LogP contribution in [0.5, 0.6) is 0 Å². The topological polar surface area (TPSA) is 85.0 Å². The van der Waals surface area contributed by atoms with Crippen LogP contribution in [0.15, 0.2) is 0 Å². The number of nitrogens with two attached hydrogens (primary N) is 1. The van der Waals surface area contributed by atoms with E-state index < -0.39 is 14.4 Å². The summed E-state index contributed by atoms with van der Waals surface area (Å²) in [4.78, 5) is 12.3. The van der Waals surface area contributed by atoms with E-state index in [-0.39, 0.29) is 12.1 Å². The van der Waals surface area contributed by atoms with E-state index in [0.717, 1.165) is 32.5 Å². The number of ether oxygens (including phenoxy) is 1. The van der Waals surface area contributed by atoms with Gasteiger partial charge in [0.05, 0.1) is 12.6 Å². The molecule has 0 radical (unpaired) electrons. The molecule has 0 aromatic carbocycles. The van der Waals surface area contributed by atoms with Crippen molar-refractivity contribution >= 4 is 14.4 Å². The second kappa shape index (κ2) is 8.12. The summed E-state index contributed by atoms with van der Waals surface area (Å²) in [7, 11) is -0.215. The van der Waals surface area contributed by atoms with Crippen molar-refractivity contribution in [1.82, 2.24) is 4.90 Å². The van der Waals surface area contributed by atoms with Gasteiger partial charge in [-0.3, -0.25) is 0 Å². The van der Waals surface area contributed by atoms with Crippen molar-refractivity contribution in [1.29, 1.82) is 0 Å². The lowest BCUT2D eigenvalue weighted by Crippen LogP contribution is -2.50. The number of hydrogen-bond acceptors (Lipinski definition) is 4. The monoisotopic (exact) mass is 318 g/mol. The normalized spacial score (nSPS) is 20.0. The number of amides is 1. The molecule has 1 aliphatic rings. The fraction of sp³-hybridized carbons (Fsp3) is 0.929. The molecular weight excluding hydrogens is 288 g/mol. The van der Waals surface area contributed by atoms with Crippen molar-refractivity contribution in [3.8, 4) is 0 Å². The van der Waals surface area contributed by atoms with E-state index in [1.54, 1.807) is 7.05 Å². The molecule has 0 aromatic heterocycles. The predicted molar refractivity (Wildman–Crippen MR) is 85.0 cm³/mol. The van der Waals surface area contributed by atoms with Crippen LogP contribution in [0.3, 0.4) is 0 Å². The van der Waals surface area contributed by atoms with Crippen LogP contribution in [0.25, 0.3) is 0 Å². The number of carbonyl (C=O) groups is 1. The highest BCUT2D eigenvalue weighted by molar-refractivity contribution is 6.69. The third-order valence-corrected chi connectivity index (χ3v) is 4.72. The zero-order valence-corrected chi connectivity index (χ0v) is 14.7. The molecule has 124 valence electrons. The van der Waals surface area contributed by atoms with Crippen LogP contribution in [-0.4, -0.2) is 63.4 Å². The second-order valence-electron chi connectivity index (χ2n) is 6.89. The SMILES string of the molecule is CN(CC(O[Si](C)(C)C)C(N)CC1CCOCC1)C(=O)O. The van der Waals surface area contributed by atoms with Gasteiger partial charge in [0.1, 0.15) is 0 Å². The molecule has 2 atom stereocenters. The van der Waals surface area contributed by atoms with E-state index in [9.17, 15) is 4.79 Å². The fourth-order valence-corrected chi connectivity index (χ4v) is 3.74. The predicted octanol–water partition coefficient (Wildman–Crippen LogP) is 1.96. The maximum atomic E-state index is 11.0. The van der Waals surface area contributed by atoms with Gasteiger partial charge < -0.3 is 24.9 Å².